The molecule has 14 heavy (non-hydrogen) atoms. The highest BCUT2D eigenvalue weighted by molar-refractivity contribution is 8.12. The van der Waals surface area contributed by atoms with Crippen molar-refractivity contribution in [1.29, 1.82) is 0 Å². The van der Waals surface area contributed by atoms with Crippen LogP contribution in [0.3, 0.4) is 0 Å². The van der Waals surface area contributed by atoms with Crippen molar-refractivity contribution in [3.63, 3.8) is 0 Å². The van der Waals surface area contributed by atoms with Crippen LogP contribution in [0.25, 0.3) is 0 Å². The Morgan fingerprint density at radius 3 is 2.64 bits per heavy atom. The second kappa shape index (κ2) is 5.46. The lowest BCUT2D eigenvalue weighted by Crippen LogP contribution is -2.00. The summed E-state index contributed by atoms with van der Waals surface area (Å²) in [5, 5.41) is 0. The molecule has 0 unspecified atom stereocenters. The van der Waals surface area contributed by atoms with Crippen molar-refractivity contribution in [2.75, 3.05) is 12.5 Å². The molecule has 1 N–H and O–H groups in total. The van der Waals surface area contributed by atoms with E-state index in [9.17, 15) is 4.79 Å². The summed E-state index contributed by atoms with van der Waals surface area (Å²) in [5.74, 6) is -0.355. The Hall–Kier alpha value is -1.27. The Balaban J connectivity index is 2.78. The van der Waals surface area contributed by atoms with E-state index in [-0.39, 0.29) is 5.97 Å². The molecule has 74 valence electrons. The number of esters is 1. The van der Waals surface area contributed by atoms with Crippen LogP contribution in [0.2, 0.25) is 0 Å². The van der Waals surface area contributed by atoms with Gasteiger partial charge in [-0.05, 0) is 24.3 Å². The fourth-order valence-corrected chi connectivity index (χ4v) is 1.12. The number of nitrogens with zero attached hydrogens (tertiary/aromatic N) is 1. The number of hydrogen-bond acceptors (Lipinski definition) is 4. The minimum absolute atomic E-state index is 0.355. The lowest BCUT2D eigenvalue weighted by atomic mass is 10.2. The summed E-state index contributed by atoms with van der Waals surface area (Å²) in [6.07, 6.45) is 0. The van der Waals surface area contributed by atoms with Crippen LogP contribution in [0.15, 0.2) is 28.7 Å². The summed E-state index contributed by atoms with van der Waals surface area (Å²) in [6, 6.07) is 6.75. The van der Waals surface area contributed by atoms with Crippen LogP contribution in [-0.4, -0.2) is 13.1 Å². The normalized spacial score (nSPS) is 8.93. The molecule has 0 heterocycles. The van der Waals surface area contributed by atoms with Gasteiger partial charge >= 0.3 is 5.97 Å². The lowest BCUT2D eigenvalue weighted by molar-refractivity contribution is 0.0601. The van der Waals surface area contributed by atoms with Gasteiger partial charge in [0.1, 0.15) is 0 Å². The molecule has 0 saturated heterocycles. The molecule has 6 heteroatoms. The first-order valence-corrected chi connectivity index (χ1v) is 5.41. The van der Waals surface area contributed by atoms with E-state index in [1.807, 2.05) is 0 Å². The van der Waals surface area contributed by atoms with Crippen LogP contribution in [0, 0.1) is 0 Å². The van der Waals surface area contributed by atoms with Gasteiger partial charge < -0.3 is 4.74 Å². The van der Waals surface area contributed by atoms with Gasteiger partial charge in [-0.2, -0.15) is 0 Å². The van der Waals surface area contributed by atoms with E-state index < -0.39 is 0 Å². The summed E-state index contributed by atoms with van der Waals surface area (Å²) in [5.41, 5.74) is 3.99. The van der Waals surface area contributed by atoms with Gasteiger partial charge in [-0.15, -0.1) is 4.47 Å². The molecule has 0 spiro atoms. The highest BCUT2D eigenvalue weighted by Crippen LogP contribution is 2.09. The smallest absolute Gasteiger partial charge is 0.337 e. The minimum Gasteiger partial charge on any atom is -0.465 e. The number of benzene rings is 1. The van der Waals surface area contributed by atoms with Crippen LogP contribution in [0.5, 0.6) is 0 Å². The standard InChI is InChI=1S/C8H8N2O2S2/c1-12-8(11)6-2-4-7(5-3-6)9-10-14-13/h2-5,9H,1H3. The molecule has 1 aromatic rings. The summed E-state index contributed by atoms with van der Waals surface area (Å²) >= 11 is 4.55. The van der Waals surface area contributed by atoms with Gasteiger partial charge in [0.2, 0.25) is 0 Å². The summed E-state index contributed by atoms with van der Waals surface area (Å²) in [4.78, 5) is 11.1. The highest BCUT2D eigenvalue weighted by Gasteiger charge is 2.03. The van der Waals surface area contributed by atoms with Gasteiger partial charge in [0.25, 0.3) is 0 Å². The van der Waals surface area contributed by atoms with Gasteiger partial charge in [-0.25, -0.2) is 4.79 Å². The van der Waals surface area contributed by atoms with Crippen LogP contribution in [0.4, 0.5) is 5.69 Å². The van der Waals surface area contributed by atoms with Gasteiger partial charge in [0, 0.05) is 11.2 Å². The first kappa shape index (κ1) is 10.8. The molecule has 0 aromatic heterocycles. The van der Waals surface area contributed by atoms with E-state index in [4.69, 9.17) is 0 Å². The van der Waals surface area contributed by atoms with Crippen LogP contribution in [0.1, 0.15) is 10.4 Å². The molecular formula is C8H8N2O2S2. The molecule has 0 amide bonds. The highest BCUT2D eigenvalue weighted by atomic mass is 32.8. The average Bonchev–Trinajstić information content (AvgIpc) is 2.26. The Kier molecular flexibility index (Phi) is 4.21. The van der Waals surface area contributed by atoms with Gasteiger partial charge in [-0.1, -0.05) is 0 Å². The molecule has 0 fully saturated rings. The molecule has 0 aliphatic carbocycles. The minimum atomic E-state index is -0.355. The van der Waals surface area contributed by atoms with E-state index in [1.165, 1.54) is 7.11 Å². The van der Waals surface area contributed by atoms with E-state index >= 15 is 0 Å². The maximum Gasteiger partial charge on any atom is 0.337 e. The summed E-state index contributed by atoms with van der Waals surface area (Å²) in [7, 11) is 2.26. The fraction of sp³-hybridized carbons (Fsp3) is 0.125. The molecule has 1 rings (SSSR count). The summed E-state index contributed by atoms with van der Waals surface area (Å²) < 4.78 is 8.26. The molecule has 1 aromatic carbocycles. The first-order valence-electron chi connectivity index (χ1n) is 3.71. The number of anilines is 1. The molecule has 0 saturated carbocycles. The monoisotopic (exact) mass is 228 g/mol. The molecule has 0 aliphatic heterocycles. The number of hydrogen-bond donors (Lipinski definition) is 1. The number of rotatable bonds is 3. The zero-order valence-electron chi connectivity index (χ0n) is 7.39. The Labute approximate surface area is 89.6 Å². The van der Waals surface area contributed by atoms with Crippen molar-refractivity contribution < 1.29 is 9.53 Å². The van der Waals surface area contributed by atoms with Crippen molar-refractivity contribution in [3.05, 3.63) is 29.8 Å². The fourth-order valence-electron chi connectivity index (χ4n) is 0.870. The summed E-state index contributed by atoms with van der Waals surface area (Å²) in [6.45, 7) is 0. The molecule has 0 radical (unpaired) electrons. The molecule has 0 aliphatic rings. The van der Waals surface area contributed by atoms with Gasteiger partial charge in [-0.3, -0.25) is 5.43 Å². The van der Waals surface area contributed by atoms with Gasteiger partial charge in [0.15, 0.2) is 0 Å². The predicted molar refractivity (Wildman–Crippen MR) is 58.6 cm³/mol. The van der Waals surface area contributed by atoms with Crippen LogP contribution < -0.4 is 5.43 Å². The van der Waals surface area contributed by atoms with Crippen molar-refractivity contribution >= 4 is 33.0 Å². The predicted octanol–water partition coefficient (Wildman–Crippen LogP) is 1.53. The van der Waals surface area contributed by atoms with Gasteiger partial charge in [0.05, 0.1) is 28.5 Å². The van der Waals surface area contributed by atoms with E-state index in [0.29, 0.717) is 5.56 Å². The maximum absolute atomic E-state index is 11.1. The zero-order valence-corrected chi connectivity index (χ0v) is 9.02. The van der Waals surface area contributed by atoms with Crippen molar-refractivity contribution in [2.45, 2.75) is 0 Å². The molecule has 0 atom stereocenters. The lowest BCUT2D eigenvalue weighted by Gasteiger charge is -2.00. The first-order chi connectivity index (χ1) is 6.77. The Morgan fingerprint density at radius 1 is 1.50 bits per heavy atom. The SMILES string of the molecule is COC(=O)c1ccc(NN=S=S)cc1. The molecule has 4 nitrogen and oxygen atoms in total. The number of ether oxygens (including phenoxy) is 1. The molecular weight excluding hydrogens is 220 g/mol. The number of carbonyl (C=O) groups excluding carboxylic acids is 1. The van der Waals surface area contributed by atoms with Crippen molar-refractivity contribution in [2.24, 2.45) is 4.47 Å². The van der Waals surface area contributed by atoms with Crippen LogP contribution >= 0.6 is 0 Å². The third kappa shape index (κ3) is 2.90. The maximum atomic E-state index is 11.1. The number of carbonyl (C=O) groups is 1. The number of nitrogens with one attached hydrogen (secondary N) is 1. The third-order valence-electron chi connectivity index (χ3n) is 1.52. The van der Waals surface area contributed by atoms with E-state index in [1.54, 1.807) is 24.3 Å². The van der Waals surface area contributed by atoms with Crippen LogP contribution in [-0.2, 0) is 26.0 Å². The Morgan fingerprint density at radius 2 is 2.14 bits per heavy atom. The zero-order chi connectivity index (χ0) is 10.4. The van der Waals surface area contributed by atoms with Crippen molar-refractivity contribution in [1.82, 2.24) is 0 Å². The molecule has 0 bridgehead atoms. The number of methoxy groups -OCH3 is 1. The average molecular weight is 228 g/mol. The topological polar surface area (TPSA) is 50.7 Å². The van der Waals surface area contributed by atoms with E-state index in [2.05, 4.69) is 25.8 Å². The second-order valence-corrected chi connectivity index (χ2v) is 3.13. The van der Waals surface area contributed by atoms with E-state index in [0.717, 1.165) is 15.8 Å². The Bertz CT molecular complexity index is 371. The second-order valence-electron chi connectivity index (χ2n) is 2.35. The largest absolute Gasteiger partial charge is 0.465 e. The van der Waals surface area contributed by atoms with Crippen molar-refractivity contribution in [3.8, 4) is 0 Å². The third-order valence-corrected chi connectivity index (χ3v) is 1.91. The quantitative estimate of drug-likeness (QED) is 0.629.